The first-order valence-electron chi connectivity index (χ1n) is 14.9. The van der Waals surface area contributed by atoms with E-state index in [9.17, 15) is 14.7 Å². The summed E-state index contributed by atoms with van der Waals surface area (Å²) in [5.74, 6) is 0.167. The molecule has 2 aliphatic carbocycles. The van der Waals surface area contributed by atoms with E-state index in [0.717, 1.165) is 32.1 Å². The molecule has 2 saturated carbocycles. The van der Waals surface area contributed by atoms with Gasteiger partial charge in [0.1, 0.15) is 6.61 Å². The van der Waals surface area contributed by atoms with Gasteiger partial charge in [0.15, 0.2) is 5.60 Å². The molecule has 1 spiro atoms. The number of ether oxygens (including phenoxy) is 3. The summed E-state index contributed by atoms with van der Waals surface area (Å²) in [4.78, 5) is 30.8. The number of aliphatic hydroxyl groups is 1. The Labute approximate surface area is 229 Å². The molecule has 8 nitrogen and oxygen atoms in total. The van der Waals surface area contributed by atoms with Crippen LogP contribution in [-0.4, -0.2) is 98.3 Å². The van der Waals surface area contributed by atoms with E-state index in [1.54, 1.807) is 0 Å². The van der Waals surface area contributed by atoms with E-state index in [-0.39, 0.29) is 54.2 Å². The van der Waals surface area contributed by atoms with E-state index in [0.29, 0.717) is 37.8 Å². The SMILES string of the molecule is C=CCN1C(=O)[C@@]2(O[C@@H](CCO)[C@H]([Si](C)(C)C3CCC(OC)CC3)[C@H]2C)C2CC(N3CCOC3=O)CCC21. The van der Waals surface area contributed by atoms with Crippen LogP contribution in [0.1, 0.15) is 58.3 Å². The van der Waals surface area contributed by atoms with E-state index < -0.39 is 13.7 Å². The summed E-state index contributed by atoms with van der Waals surface area (Å²) in [5.41, 5.74) is 0.0228. The van der Waals surface area contributed by atoms with Gasteiger partial charge in [-0.2, -0.15) is 0 Å². The molecule has 3 unspecified atom stereocenters. The van der Waals surface area contributed by atoms with Gasteiger partial charge in [-0.1, -0.05) is 38.9 Å². The monoisotopic (exact) mass is 548 g/mol. The molecule has 7 atom stereocenters. The van der Waals surface area contributed by atoms with Crippen molar-refractivity contribution < 1.29 is 28.9 Å². The van der Waals surface area contributed by atoms with Crippen molar-refractivity contribution in [3.05, 3.63) is 12.7 Å². The molecule has 3 saturated heterocycles. The van der Waals surface area contributed by atoms with E-state index in [1.807, 2.05) is 23.0 Å². The molecule has 1 N–H and O–H groups in total. The van der Waals surface area contributed by atoms with Crippen LogP contribution >= 0.6 is 0 Å². The number of fused-ring (bicyclic) bond motifs is 2. The second kappa shape index (κ2) is 10.9. The van der Waals surface area contributed by atoms with Crippen molar-refractivity contribution in [3.8, 4) is 0 Å². The first kappa shape index (κ1) is 28.1. The third kappa shape index (κ3) is 4.36. The number of cyclic esters (lactones) is 1. The molecule has 38 heavy (non-hydrogen) atoms. The molecule has 5 rings (SSSR count). The zero-order valence-electron chi connectivity index (χ0n) is 23.8. The van der Waals surface area contributed by atoms with Crippen LogP contribution in [0.25, 0.3) is 0 Å². The van der Waals surface area contributed by atoms with Gasteiger partial charge in [-0.3, -0.25) is 4.79 Å². The normalized spacial score (nSPS) is 41.6. The van der Waals surface area contributed by atoms with Crippen LogP contribution in [-0.2, 0) is 19.0 Å². The summed E-state index contributed by atoms with van der Waals surface area (Å²) in [6.45, 7) is 12.9. The molecule has 2 amide bonds. The Kier molecular flexibility index (Phi) is 8.04. The minimum atomic E-state index is -1.92. The highest BCUT2D eigenvalue weighted by molar-refractivity contribution is 6.80. The smallest absolute Gasteiger partial charge is 0.410 e. The lowest BCUT2D eigenvalue weighted by molar-refractivity contribution is -0.156. The third-order valence-electron chi connectivity index (χ3n) is 11.2. The predicted molar refractivity (Wildman–Crippen MR) is 148 cm³/mol. The van der Waals surface area contributed by atoms with Crippen LogP contribution in [0.3, 0.4) is 0 Å². The molecule has 0 aromatic heterocycles. The molecule has 0 radical (unpaired) electrons. The Morgan fingerprint density at radius 1 is 1.18 bits per heavy atom. The second-order valence-corrected chi connectivity index (χ2v) is 18.1. The first-order valence-corrected chi connectivity index (χ1v) is 18.0. The molecule has 3 heterocycles. The number of methoxy groups -OCH3 is 1. The zero-order valence-corrected chi connectivity index (χ0v) is 24.8. The van der Waals surface area contributed by atoms with Gasteiger partial charge in [0.05, 0.1) is 26.8 Å². The number of carbonyl (C=O) groups excluding carboxylic acids is 2. The third-order valence-corrected chi connectivity index (χ3v) is 16.5. The average Bonchev–Trinajstić information content (AvgIpc) is 3.54. The maximum atomic E-state index is 14.5. The van der Waals surface area contributed by atoms with Gasteiger partial charge in [-0.25, -0.2) is 4.79 Å². The van der Waals surface area contributed by atoms with Crippen LogP contribution in [0.5, 0.6) is 0 Å². The van der Waals surface area contributed by atoms with Crippen LogP contribution < -0.4 is 0 Å². The summed E-state index contributed by atoms with van der Waals surface area (Å²) < 4.78 is 18.0. The van der Waals surface area contributed by atoms with Gasteiger partial charge in [0.25, 0.3) is 5.91 Å². The second-order valence-electron chi connectivity index (χ2n) is 13.0. The maximum Gasteiger partial charge on any atom is 0.410 e. The molecule has 5 fully saturated rings. The van der Waals surface area contributed by atoms with Crippen LogP contribution in [0.2, 0.25) is 24.2 Å². The average molecular weight is 549 g/mol. The highest BCUT2D eigenvalue weighted by Crippen LogP contribution is 2.62. The van der Waals surface area contributed by atoms with E-state index >= 15 is 0 Å². The van der Waals surface area contributed by atoms with Gasteiger partial charge in [0.2, 0.25) is 0 Å². The van der Waals surface area contributed by atoms with E-state index in [2.05, 4.69) is 26.6 Å². The number of hydrogen-bond donors (Lipinski definition) is 1. The summed E-state index contributed by atoms with van der Waals surface area (Å²) in [5, 5.41) is 10.1. The number of carbonyl (C=O) groups is 2. The van der Waals surface area contributed by atoms with Crippen molar-refractivity contribution in [1.29, 1.82) is 0 Å². The minimum Gasteiger partial charge on any atom is -0.448 e. The quantitative estimate of drug-likeness (QED) is 0.361. The van der Waals surface area contributed by atoms with Gasteiger partial charge < -0.3 is 29.1 Å². The highest BCUT2D eigenvalue weighted by Gasteiger charge is 2.71. The first-order chi connectivity index (χ1) is 18.2. The Morgan fingerprint density at radius 2 is 1.92 bits per heavy atom. The van der Waals surface area contributed by atoms with Crippen molar-refractivity contribution >= 4 is 20.1 Å². The van der Waals surface area contributed by atoms with Gasteiger partial charge in [-0.05, 0) is 55.5 Å². The zero-order chi connectivity index (χ0) is 27.2. The summed E-state index contributed by atoms with van der Waals surface area (Å²) in [7, 11) is -0.0987. The summed E-state index contributed by atoms with van der Waals surface area (Å²) in [6.07, 6.45) is 9.40. The Morgan fingerprint density at radius 3 is 2.53 bits per heavy atom. The fourth-order valence-electron chi connectivity index (χ4n) is 9.37. The van der Waals surface area contributed by atoms with Crippen LogP contribution in [0.15, 0.2) is 12.7 Å². The fraction of sp³-hybridized carbons (Fsp3) is 0.862. The number of aliphatic hydroxyl groups excluding tert-OH is 1. The van der Waals surface area contributed by atoms with Crippen molar-refractivity contribution in [3.63, 3.8) is 0 Å². The predicted octanol–water partition coefficient (Wildman–Crippen LogP) is 4.20. The van der Waals surface area contributed by atoms with Crippen molar-refractivity contribution in [2.75, 3.05) is 33.4 Å². The number of hydrogen-bond acceptors (Lipinski definition) is 6. The lowest BCUT2D eigenvalue weighted by atomic mass is 9.70. The molecular weight excluding hydrogens is 500 g/mol. The number of nitrogens with zero attached hydrogens (tertiary/aromatic N) is 2. The summed E-state index contributed by atoms with van der Waals surface area (Å²) in [6, 6.07) is 0.161. The lowest BCUT2D eigenvalue weighted by Crippen LogP contribution is -2.53. The molecular formula is C29H48N2O6Si. The van der Waals surface area contributed by atoms with Gasteiger partial charge in [0, 0.05) is 38.3 Å². The molecule has 0 aromatic carbocycles. The van der Waals surface area contributed by atoms with Gasteiger partial charge >= 0.3 is 6.09 Å². The number of rotatable bonds is 8. The molecule has 0 aromatic rings. The van der Waals surface area contributed by atoms with Crippen molar-refractivity contribution in [2.45, 2.75) is 112 Å². The van der Waals surface area contributed by atoms with Crippen LogP contribution in [0, 0.1) is 11.8 Å². The molecule has 9 heteroatoms. The Bertz CT molecular complexity index is 907. The molecule has 3 aliphatic heterocycles. The molecule has 5 aliphatic rings. The molecule has 214 valence electrons. The minimum absolute atomic E-state index is 0.0114. The standard InChI is InChI=1S/C29H48N2O6Si/c1-6-14-31-24-12-7-20(30-15-17-36-28(30)34)18-23(24)29(27(31)33)19(2)26(25(37-29)13-16-32)38(4,5)22-10-8-21(35-3)9-11-22/h6,19-26,32H,1,7-18H2,2-5H3/t19-,20?,21?,22?,23?,24?,25+,26-,29+/m1/s1. The fourth-order valence-corrected chi connectivity index (χ4v) is 14.5. The van der Waals surface area contributed by atoms with E-state index in [4.69, 9.17) is 14.2 Å². The van der Waals surface area contributed by atoms with E-state index in [1.165, 1.54) is 12.8 Å². The molecule has 0 bridgehead atoms. The summed E-state index contributed by atoms with van der Waals surface area (Å²) >= 11 is 0. The highest BCUT2D eigenvalue weighted by atomic mass is 28.3. The Hall–Kier alpha value is -1.42. The Balaban J connectivity index is 1.49. The number of likely N-dealkylation sites (tertiary alicyclic amines) is 1. The lowest BCUT2D eigenvalue weighted by Gasteiger charge is -2.45. The van der Waals surface area contributed by atoms with Crippen molar-refractivity contribution in [1.82, 2.24) is 9.80 Å². The largest absolute Gasteiger partial charge is 0.448 e. The number of amides is 2. The van der Waals surface area contributed by atoms with Crippen LogP contribution in [0.4, 0.5) is 4.79 Å². The maximum absolute atomic E-state index is 14.5. The van der Waals surface area contributed by atoms with Gasteiger partial charge in [-0.15, -0.1) is 6.58 Å². The topological polar surface area (TPSA) is 88.5 Å². The van der Waals surface area contributed by atoms with Crippen molar-refractivity contribution in [2.24, 2.45) is 11.8 Å².